The van der Waals surface area contributed by atoms with Crippen molar-refractivity contribution in [3.63, 3.8) is 0 Å². The molecule has 1 N–H and O–H groups in total. The first kappa shape index (κ1) is 12.4. The van der Waals surface area contributed by atoms with E-state index < -0.39 is 0 Å². The molecule has 0 aliphatic heterocycles. The molecular weight excluding hydrogens is 226 g/mol. The second-order valence-corrected chi connectivity index (χ2v) is 4.23. The van der Waals surface area contributed by atoms with Gasteiger partial charge in [-0.2, -0.15) is 0 Å². The summed E-state index contributed by atoms with van der Waals surface area (Å²) < 4.78 is 1.74. The van der Waals surface area contributed by atoms with Gasteiger partial charge in [-0.15, -0.1) is 0 Å². The summed E-state index contributed by atoms with van der Waals surface area (Å²) in [6.45, 7) is 2.44. The molecule has 1 aromatic carbocycles. The number of nitrogens with one attached hydrogen (secondary N) is 1. The Bertz CT molecular complexity index is 488. The predicted octanol–water partition coefficient (Wildman–Crippen LogP) is 2.47. The number of aromatic nitrogens is 2. The number of hydrogen-bond donors (Lipinski definition) is 1. The van der Waals surface area contributed by atoms with Crippen LogP contribution in [0.3, 0.4) is 0 Å². The average molecular weight is 243 g/mol. The molecule has 0 saturated carbocycles. The number of imidazole rings is 1. The van der Waals surface area contributed by atoms with Gasteiger partial charge in [0.25, 0.3) is 0 Å². The van der Waals surface area contributed by atoms with Crippen LogP contribution in [0.2, 0.25) is 0 Å². The van der Waals surface area contributed by atoms with Gasteiger partial charge < -0.3 is 9.88 Å². The van der Waals surface area contributed by atoms with E-state index in [1.807, 2.05) is 12.1 Å². The fourth-order valence-electron chi connectivity index (χ4n) is 1.79. The first-order chi connectivity index (χ1) is 8.78. The van der Waals surface area contributed by atoms with Crippen LogP contribution in [0.1, 0.15) is 18.9 Å². The molecule has 0 aliphatic rings. The Hall–Kier alpha value is -2.10. The van der Waals surface area contributed by atoms with Crippen molar-refractivity contribution in [3.8, 4) is 0 Å². The largest absolute Gasteiger partial charge is 0.328 e. The monoisotopic (exact) mass is 243 g/mol. The van der Waals surface area contributed by atoms with Crippen LogP contribution in [-0.2, 0) is 17.8 Å². The third-order valence-electron chi connectivity index (χ3n) is 2.66. The minimum Gasteiger partial charge on any atom is -0.328 e. The highest BCUT2D eigenvalue weighted by Gasteiger charge is 2.02. The standard InChI is InChI=1S/C14H17N3O/c1-2-3-12-4-6-13(7-5-12)16-14(18)10-17-9-8-15-11-17/h4-9,11H,2-3,10H2,1H3,(H,16,18). The van der Waals surface area contributed by atoms with E-state index in [0.29, 0.717) is 0 Å². The summed E-state index contributed by atoms with van der Waals surface area (Å²) in [7, 11) is 0. The smallest absolute Gasteiger partial charge is 0.244 e. The summed E-state index contributed by atoms with van der Waals surface area (Å²) in [5, 5.41) is 2.86. The highest BCUT2D eigenvalue weighted by Crippen LogP contribution is 2.11. The highest BCUT2D eigenvalue weighted by atomic mass is 16.1. The van der Waals surface area contributed by atoms with Crippen LogP contribution in [0.4, 0.5) is 5.69 Å². The van der Waals surface area contributed by atoms with Gasteiger partial charge in [-0.1, -0.05) is 25.5 Å². The molecular formula is C14H17N3O. The summed E-state index contributed by atoms with van der Waals surface area (Å²) in [4.78, 5) is 15.6. The molecule has 0 bridgehead atoms. The number of benzene rings is 1. The topological polar surface area (TPSA) is 46.9 Å². The molecule has 1 aromatic heterocycles. The van der Waals surface area contributed by atoms with Gasteiger partial charge in [0.2, 0.25) is 5.91 Å². The van der Waals surface area contributed by atoms with E-state index in [0.717, 1.165) is 18.5 Å². The van der Waals surface area contributed by atoms with E-state index in [1.165, 1.54) is 5.56 Å². The molecule has 4 heteroatoms. The molecule has 0 saturated heterocycles. The van der Waals surface area contributed by atoms with Gasteiger partial charge in [-0.05, 0) is 24.1 Å². The number of aryl methyl sites for hydroxylation is 1. The number of carbonyl (C=O) groups is 1. The van der Waals surface area contributed by atoms with E-state index in [9.17, 15) is 4.79 Å². The maximum absolute atomic E-state index is 11.7. The van der Waals surface area contributed by atoms with Crippen molar-refractivity contribution in [2.45, 2.75) is 26.3 Å². The minimum atomic E-state index is -0.0451. The maximum atomic E-state index is 11.7. The first-order valence-electron chi connectivity index (χ1n) is 6.12. The highest BCUT2D eigenvalue weighted by molar-refractivity contribution is 5.90. The van der Waals surface area contributed by atoms with Gasteiger partial charge in [0, 0.05) is 18.1 Å². The quantitative estimate of drug-likeness (QED) is 0.877. The van der Waals surface area contributed by atoms with Gasteiger partial charge in [-0.25, -0.2) is 4.98 Å². The number of amides is 1. The normalized spacial score (nSPS) is 10.3. The minimum absolute atomic E-state index is 0.0451. The van der Waals surface area contributed by atoms with Crippen molar-refractivity contribution in [3.05, 3.63) is 48.5 Å². The van der Waals surface area contributed by atoms with Crippen LogP contribution in [0, 0.1) is 0 Å². The average Bonchev–Trinajstić information content (AvgIpc) is 2.84. The van der Waals surface area contributed by atoms with Crippen LogP contribution >= 0.6 is 0 Å². The molecule has 2 rings (SSSR count). The molecule has 94 valence electrons. The lowest BCUT2D eigenvalue weighted by atomic mass is 10.1. The van der Waals surface area contributed by atoms with Crippen LogP contribution in [-0.4, -0.2) is 15.5 Å². The van der Waals surface area contributed by atoms with Crippen molar-refractivity contribution >= 4 is 11.6 Å². The molecule has 1 heterocycles. The Balaban J connectivity index is 1.90. The van der Waals surface area contributed by atoms with Gasteiger partial charge in [-0.3, -0.25) is 4.79 Å². The van der Waals surface area contributed by atoms with Gasteiger partial charge in [0.1, 0.15) is 6.54 Å². The molecule has 18 heavy (non-hydrogen) atoms. The lowest BCUT2D eigenvalue weighted by Crippen LogP contribution is -2.17. The fraction of sp³-hybridized carbons (Fsp3) is 0.286. The van der Waals surface area contributed by atoms with E-state index in [2.05, 4.69) is 29.4 Å². The number of hydrogen-bond acceptors (Lipinski definition) is 2. The molecule has 0 unspecified atom stereocenters. The van der Waals surface area contributed by atoms with Crippen LogP contribution < -0.4 is 5.32 Å². The summed E-state index contributed by atoms with van der Waals surface area (Å²) >= 11 is 0. The Labute approximate surface area is 107 Å². The molecule has 0 spiro atoms. The van der Waals surface area contributed by atoms with Crippen LogP contribution in [0.5, 0.6) is 0 Å². The molecule has 0 radical (unpaired) electrons. The molecule has 4 nitrogen and oxygen atoms in total. The number of nitrogens with zero attached hydrogens (tertiary/aromatic N) is 2. The van der Waals surface area contributed by atoms with Crippen molar-refractivity contribution in [2.24, 2.45) is 0 Å². The summed E-state index contributed by atoms with van der Waals surface area (Å²) in [6.07, 6.45) is 7.26. The molecule has 0 fully saturated rings. The second-order valence-electron chi connectivity index (χ2n) is 4.23. The van der Waals surface area contributed by atoms with Gasteiger partial charge in [0.05, 0.1) is 6.33 Å². The predicted molar refractivity (Wildman–Crippen MR) is 71.3 cm³/mol. The van der Waals surface area contributed by atoms with Gasteiger partial charge in [0.15, 0.2) is 0 Å². The Morgan fingerprint density at radius 1 is 1.33 bits per heavy atom. The zero-order valence-corrected chi connectivity index (χ0v) is 10.5. The van der Waals surface area contributed by atoms with Crippen molar-refractivity contribution in [2.75, 3.05) is 5.32 Å². The lowest BCUT2D eigenvalue weighted by molar-refractivity contribution is -0.116. The lowest BCUT2D eigenvalue weighted by Gasteiger charge is -2.06. The summed E-state index contributed by atoms with van der Waals surface area (Å²) in [5.74, 6) is -0.0451. The zero-order chi connectivity index (χ0) is 12.8. The Kier molecular flexibility index (Phi) is 4.12. The SMILES string of the molecule is CCCc1ccc(NC(=O)Cn2ccnc2)cc1. The maximum Gasteiger partial charge on any atom is 0.244 e. The van der Waals surface area contributed by atoms with E-state index in [-0.39, 0.29) is 12.5 Å². The number of rotatable bonds is 5. The Morgan fingerprint density at radius 2 is 2.11 bits per heavy atom. The van der Waals surface area contributed by atoms with E-state index >= 15 is 0 Å². The summed E-state index contributed by atoms with van der Waals surface area (Å²) in [5.41, 5.74) is 2.13. The number of anilines is 1. The molecule has 1 amide bonds. The van der Waals surface area contributed by atoms with E-state index in [4.69, 9.17) is 0 Å². The van der Waals surface area contributed by atoms with Crippen LogP contribution in [0.15, 0.2) is 43.0 Å². The fourth-order valence-corrected chi connectivity index (χ4v) is 1.79. The van der Waals surface area contributed by atoms with Crippen molar-refractivity contribution < 1.29 is 4.79 Å². The second kappa shape index (κ2) is 6.00. The van der Waals surface area contributed by atoms with Crippen LogP contribution in [0.25, 0.3) is 0 Å². The molecule has 0 aliphatic carbocycles. The number of carbonyl (C=O) groups excluding carboxylic acids is 1. The van der Waals surface area contributed by atoms with E-state index in [1.54, 1.807) is 23.3 Å². The molecule has 2 aromatic rings. The summed E-state index contributed by atoms with van der Waals surface area (Å²) in [6, 6.07) is 7.99. The molecule has 0 atom stereocenters. The first-order valence-corrected chi connectivity index (χ1v) is 6.12. The third-order valence-corrected chi connectivity index (χ3v) is 2.66. The zero-order valence-electron chi connectivity index (χ0n) is 10.5. The third kappa shape index (κ3) is 3.45. The van der Waals surface area contributed by atoms with Gasteiger partial charge >= 0.3 is 0 Å². The Morgan fingerprint density at radius 3 is 2.72 bits per heavy atom. The van der Waals surface area contributed by atoms with Crippen molar-refractivity contribution in [1.29, 1.82) is 0 Å². The van der Waals surface area contributed by atoms with Crippen molar-refractivity contribution in [1.82, 2.24) is 9.55 Å².